The van der Waals surface area contributed by atoms with Crippen LogP contribution in [0.2, 0.25) is 0 Å². The Morgan fingerprint density at radius 2 is 2.06 bits per heavy atom. The number of carboxylic acid groups (broad SMARTS) is 1. The summed E-state index contributed by atoms with van der Waals surface area (Å²) in [5, 5.41) is 9.24. The van der Waals surface area contributed by atoms with Gasteiger partial charge in [-0.15, -0.1) is 0 Å². The maximum Gasteiger partial charge on any atom is 0.307 e. The Morgan fingerprint density at radius 1 is 1.35 bits per heavy atom. The summed E-state index contributed by atoms with van der Waals surface area (Å²) in [6.45, 7) is 1.92. The number of aliphatic carboxylic acids is 1. The van der Waals surface area contributed by atoms with Crippen molar-refractivity contribution < 1.29 is 14.3 Å². The van der Waals surface area contributed by atoms with E-state index in [0.29, 0.717) is 6.42 Å². The zero-order valence-electron chi connectivity index (χ0n) is 9.95. The number of halogens is 1. The molecule has 0 bridgehead atoms. The first-order chi connectivity index (χ1) is 8.09. The molecule has 0 aliphatic heterocycles. The summed E-state index contributed by atoms with van der Waals surface area (Å²) in [4.78, 5) is 11.2. The van der Waals surface area contributed by atoms with E-state index >= 15 is 0 Å². The first-order valence-corrected chi connectivity index (χ1v) is 6.08. The fourth-order valence-corrected chi connectivity index (χ4v) is 2.81. The Kier molecular flexibility index (Phi) is 3.46. The summed E-state index contributed by atoms with van der Waals surface area (Å²) in [6.07, 6.45) is 3.55. The van der Waals surface area contributed by atoms with Gasteiger partial charge in [-0.05, 0) is 48.9 Å². The number of carbonyl (C=O) groups is 1. The van der Waals surface area contributed by atoms with Gasteiger partial charge in [0.15, 0.2) is 0 Å². The lowest BCUT2D eigenvalue weighted by molar-refractivity contribution is -0.143. The fraction of sp³-hybridized carbons (Fsp3) is 0.500. The van der Waals surface area contributed by atoms with Gasteiger partial charge in [-0.25, -0.2) is 4.39 Å². The Hall–Kier alpha value is -1.38. The van der Waals surface area contributed by atoms with E-state index in [9.17, 15) is 14.3 Å². The minimum absolute atomic E-state index is 0.0306. The lowest BCUT2D eigenvalue weighted by Crippen LogP contribution is -2.26. The minimum Gasteiger partial charge on any atom is -0.481 e. The van der Waals surface area contributed by atoms with E-state index in [2.05, 4.69) is 0 Å². The van der Waals surface area contributed by atoms with Gasteiger partial charge in [-0.1, -0.05) is 18.9 Å². The second-order valence-corrected chi connectivity index (χ2v) is 4.84. The average molecular weight is 236 g/mol. The van der Waals surface area contributed by atoms with Gasteiger partial charge >= 0.3 is 5.97 Å². The molecule has 1 aromatic rings. The monoisotopic (exact) mass is 236 g/mol. The first-order valence-electron chi connectivity index (χ1n) is 6.08. The highest BCUT2D eigenvalue weighted by Gasteiger charge is 2.32. The van der Waals surface area contributed by atoms with Crippen molar-refractivity contribution in [2.45, 2.75) is 38.5 Å². The standard InChI is InChI=1S/C14H17FO2/c1-9-6-7-10(15)8-13(9)11-4-2-3-5-12(11)14(16)17/h6-8,11-12H,2-5H2,1H3,(H,16,17). The molecule has 0 amide bonds. The molecule has 2 atom stereocenters. The molecule has 17 heavy (non-hydrogen) atoms. The maximum absolute atomic E-state index is 13.3. The molecule has 2 nitrogen and oxygen atoms in total. The highest BCUT2D eigenvalue weighted by molar-refractivity contribution is 5.71. The SMILES string of the molecule is Cc1ccc(F)cc1C1CCCCC1C(=O)O. The van der Waals surface area contributed by atoms with E-state index in [1.165, 1.54) is 12.1 Å². The van der Waals surface area contributed by atoms with E-state index in [-0.39, 0.29) is 17.7 Å². The zero-order chi connectivity index (χ0) is 12.4. The number of hydrogen-bond donors (Lipinski definition) is 1. The highest BCUT2D eigenvalue weighted by atomic mass is 19.1. The smallest absolute Gasteiger partial charge is 0.307 e. The first kappa shape index (κ1) is 12.1. The van der Waals surface area contributed by atoms with Gasteiger partial charge in [0.1, 0.15) is 5.82 Å². The van der Waals surface area contributed by atoms with Gasteiger partial charge in [0.2, 0.25) is 0 Å². The van der Waals surface area contributed by atoms with Crippen LogP contribution in [-0.2, 0) is 4.79 Å². The molecule has 0 heterocycles. The summed E-state index contributed by atoms with van der Waals surface area (Å²) in [5.41, 5.74) is 1.86. The predicted octanol–water partition coefficient (Wildman–Crippen LogP) is 3.49. The lowest BCUT2D eigenvalue weighted by atomic mass is 9.74. The molecule has 1 aromatic carbocycles. The van der Waals surface area contributed by atoms with Crippen LogP contribution >= 0.6 is 0 Å². The topological polar surface area (TPSA) is 37.3 Å². The van der Waals surface area contributed by atoms with Crippen molar-refractivity contribution in [2.24, 2.45) is 5.92 Å². The molecule has 92 valence electrons. The minimum atomic E-state index is -0.752. The van der Waals surface area contributed by atoms with E-state index in [4.69, 9.17) is 0 Å². The van der Waals surface area contributed by atoms with Gasteiger partial charge in [0.25, 0.3) is 0 Å². The Labute approximate surface area is 100 Å². The predicted molar refractivity (Wildman–Crippen MR) is 63.5 cm³/mol. The second-order valence-electron chi connectivity index (χ2n) is 4.84. The molecule has 0 saturated heterocycles. The molecule has 1 N–H and O–H groups in total. The number of hydrogen-bond acceptors (Lipinski definition) is 1. The molecule has 0 aromatic heterocycles. The van der Waals surface area contributed by atoms with Crippen LogP contribution in [0.4, 0.5) is 4.39 Å². The number of benzene rings is 1. The summed E-state index contributed by atoms with van der Waals surface area (Å²) >= 11 is 0. The van der Waals surface area contributed by atoms with Crippen molar-refractivity contribution >= 4 is 5.97 Å². The summed E-state index contributed by atoms with van der Waals surface area (Å²) in [5.74, 6) is -1.42. The van der Waals surface area contributed by atoms with E-state index in [0.717, 1.165) is 30.4 Å². The summed E-state index contributed by atoms with van der Waals surface area (Å²) < 4.78 is 13.3. The normalized spacial score (nSPS) is 24.6. The Morgan fingerprint density at radius 3 is 2.76 bits per heavy atom. The number of aryl methyl sites for hydroxylation is 1. The molecule has 0 spiro atoms. The quantitative estimate of drug-likeness (QED) is 0.853. The maximum atomic E-state index is 13.3. The molecular weight excluding hydrogens is 219 g/mol. The van der Waals surface area contributed by atoms with Crippen LogP contribution in [-0.4, -0.2) is 11.1 Å². The van der Waals surface area contributed by atoms with Crippen LogP contribution in [0, 0.1) is 18.7 Å². The van der Waals surface area contributed by atoms with Gasteiger partial charge in [-0.2, -0.15) is 0 Å². The molecule has 1 fully saturated rings. The zero-order valence-corrected chi connectivity index (χ0v) is 9.95. The van der Waals surface area contributed by atoms with Crippen LogP contribution in [0.3, 0.4) is 0 Å². The molecule has 1 aliphatic carbocycles. The largest absolute Gasteiger partial charge is 0.481 e. The molecule has 1 aliphatic rings. The lowest BCUT2D eigenvalue weighted by Gasteiger charge is -2.30. The number of carboxylic acids is 1. The van der Waals surface area contributed by atoms with E-state index < -0.39 is 5.97 Å². The van der Waals surface area contributed by atoms with Crippen LogP contribution < -0.4 is 0 Å². The molecular formula is C14H17FO2. The Balaban J connectivity index is 2.35. The van der Waals surface area contributed by atoms with Crippen molar-refractivity contribution in [2.75, 3.05) is 0 Å². The highest BCUT2D eigenvalue weighted by Crippen LogP contribution is 2.39. The molecule has 0 radical (unpaired) electrons. The second kappa shape index (κ2) is 4.86. The van der Waals surface area contributed by atoms with Crippen LogP contribution in [0.5, 0.6) is 0 Å². The van der Waals surface area contributed by atoms with Crippen LogP contribution in [0.15, 0.2) is 18.2 Å². The van der Waals surface area contributed by atoms with Gasteiger partial charge in [0, 0.05) is 0 Å². The summed E-state index contributed by atoms with van der Waals surface area (Å²) in [7, 11) is 0. The third-order valence-corrected chi connectivity index (χ3v) is 3.72. The van der Waals surface area contributed by atoms with Crippen molar-refractivity contribution in [1.29, 1.82) is 0 Å². The van der Waals surface area contributed by atoms with Crippen molar-refractivity contribution in [3.8, 4) is 0 Å². The molecule has 2 unspecified atom stereocenters. The Bertz CT molecular complexity index is 428. The van der Waals surface area contributed by atoms with Crippen LogP contribution in [0.25, 0.3) is 0 Å². The average Bonchev–Trinajstić information content (AvgIpc) is 2.32. The van der Waals surface area contributed by atoms with Crippen LogP contribution in [0.1, 0.15) is 42.7 Å². The fourth-order valence-electron chi connectivity index (χ4n) is 2.81. The van der Waals surface area contributed by atoms with Crippen molar-refractivity contribution in [3.63, 3.8) is 0 Å². The molecule has 3 heteroatoms. The van der Waals surface area contributed by atoms with Gasteiger partial charge in [0.05, 0.1) is 5.92 Å². The van der Waals surface area contributed by atoms with Crippen molar-refractivity contribution in [1.82, 2.24) is 0 Å². The van der Waals surface area contributed by atoms with Gasteiger partial charge < -0.3 is 5.11 Å². The molecule has 2 rings (SSSR count). The van der Waals surface area contributed by atoms with Crippen molar-refractivity contribution in [3.05, 3.63) is 35.1 Å². The summed E-state index contributed by atoms with van der Waals surface area (Å²) in [6, 6.07) is 4.66. The third kappa shape index (κ3) is 2.48. The molecule has 1 saturated carbocycles. The number of rotatable bonds is 2. The van der Waals surface area contributed by atoms with Gasteiger partial charge in [-0.3, -0.25) is 4.79 Å². The van der Waals surface area contributed by atoms with E-state index in [1.54, 1.807) is 6.07 Å². The van der Waals surface area contributed by atoms with E-state index in [1.807, 2.05) is 6.92 Å². The third-order valence-electron chi connectivity index (χ3n) is 3.72.